The average Bonchev–Trinajstić information content (AvgIpc) is 3.06. The lowest BCUT2D eigenvalue weighted by molar-refractivity contribution is -0.141. The highest BCUT2D eigenvalue weighted by atomic mass is 16.4. The Morgan fingerprint density at radius 2 is 2.05 bits per heavy atom. The summed E-state index contributed by atoms with van der Waals surface area (Å²) in [6.45, 7) is 2.12. The maximum atomic E-state index is 12.3. The Labute approximate surface area is 117 Å². The fraction of sp³-hybridized carbons (Fsp3) is 0.467. The molecule has 1 aromatic rings. The van der Waals surface area contributed by atoms with Crippen molar-refractivity contribution in [2.24, 2.45) is 5.92 Å². The van der Waals surface area contributed by atoms with Crippen LogP contribution in [0.1, 0.15) is 12.0 Å². The Kier molecular flexibility index (Phi) is 3.34. The molecule has 2 aliphatic heterocycles. The maximum absolute atomic E-state index is 12.3. The maximum Gasteiger partial charge on any atom is 0.308 e. The van der Waals surface area contributed by atoms with Crippen LogP contribution in [0, 0.1) is 5.92 Å². The first kappa shape index (κ1) is 13.0. The van der Waals surface area contributed by atoms with Gasteiger partial charge in [0.1, 0.15) is 0 Å². The van der Waals surface area contributed by atoms with Crippen LogP contribution in [0.4, 0.5) is 5.69 Å². The number of likely N-dealkylation sites (tertiary alicyclic amines) is 1. The number of fused-ring (bicyclic) bond motifs is 1. The molecule has 1 fully saturated rings. The minimum absolute atomic E-state index is 0.0328. The molecule has 1 atom stereocenters. The number of hydrogen-bond acceptors (Lipinski definition) is 3. The number of amides is 1. The molecule has 0 aliphatic carbocycles. The first-order valence-corrected chi connectivity index (χ1v) is 6.98. The highest BCUT2D eigenvalue weighted by molar-refractivity contribution is 5.83. The van der Waals surface area contributed by atoms with Crippen LogP contribution in [-0.2, 0) is 16.0 Å². The second-order valence-corrected chi connectivity index (χ2v) is 5.46. The van der Waals surface area contributed by atoms with Gasteiger partial charge in [0.15, 0.2) is 0 Å². The van der Waals surface area contributed by atoms with Gasteiger partial charge in [0.05, 0.1) is 12.5 Å². The number of aliphatic carboxylic acids is 1. The monoisotopic (exact) mass is 274 g/mol. The summed E-state index contributed by atoms with van der Waals surface area (Å²) in [5.74, 6) is -1.16. The van der Waals surface area contributed by atoms with Gasteiger partial charge in [-0.05, 0) is 24.5 Å². The topological polar surface area (TPSA) is 60.9 Å². The van der Waals surface area contributed by atoms with Gasteiger partial charge in [-0.25, -0.2) is 0 Å². The van der Waals surface area contributed by atoms with Gasteiger partial charge >= 0.3 is 5.97 Å². The van der Waals surface area contributed by atoms with Crippen molar-refractivity contribution in [1.82, 2.24) is 4.90 Å². The summed E-state index contributed by atoms with van der Waals surface area (Å²) in [7, 11) is 0. The van der Waals surface area contributed by atoms with Crippen LogP contribution in [0.25, 0.3) is 0 Å². The third-order valence-electron chi connectivity index (χ3n) is 4.20. The van der Waals surface area contributed by atoms with Crippen molar-refractivity contribution in [2.45, 2.75) is 12.8 Å². The zero-order chi connectivity index (χ0) is 14.1. The van der Waals surface area contributed by atoms with Gasteiger partial charge in [0.2, 0.25) is 5.91 Å². The molecule has 0 bridgehead atoms. The van der Waals surface area contributed by atoms with Gasteiger partial charge in [-0.3, -0.25) is 9.59 Å². The van der Waals surface area contributed by atoms with Crippen LogP contribution >= 0.6 is 0 Å². The van der Waals surface area contributed by atoms with E-state index >= 15 is 0 Å². The largest absolute Gasteiger partial charge is 0.481 e. The Bertz CT molecular complexity index is 544. The molecule has 0 saturated carbocycles. The molecule has 5 nitrogen and oxygen atoms in total. The van der Waals surface area contributed by atoms with E-state index in [0.29, 0.717) is 26.1 Å². The van der Waals surface area contributed by atoms with Gasteiger partial charge in [0.25, 0.3) is 0 Å². The van der Waals surface area contributed by atoms with E-state index in [0.717, 1.165) is 18.7 Å². The third-order valence-corrected chi connectivity index (χ3v) is 4.20. The van der Waals surface area contributed by atoms with E-state index in [1.165, 1.54) is 5.56 Å². The zero-order valence-corrected chi connectivity index (χ0v) is 11.3. The molecule has 3 rings (SSSR count). The highest BCUT2D eigenvalue weighted by Crippen LogP contribution is 2.27. The number of benzene rings is 1. The molecule has 20 heavy (non-hydrogen) atoms. The van der Waals surface area contributed by atoms with E-state index in [1.54, 1.807) is 4.90 Å². The molecule has 1 saturated heterocycles. The molecule has 0 aromatic heterocycles. The van der Waals surface area contributed by atoms with Gasteiger partial charge in [-0.15, -0.1) is 0 Å². The lowest BCUT2D eigenvalue weighted by Gasteiger charge is -2.23. The number of anilines is 1. The minimum atomic E-state index is -0.799. The number of carbonyl (C=O) groups is 2. The van der Waals surface area contributed by atoms with Gasteiger partial charge < -0.3 is 14.9 Å². The minimum Gasteiger partial charge on any atom is -0.481 e. The van der Waals surface area contributed by atoms with E-state index in [9.17, 15) is 9.59 Å². The third kappa shape index (κ3) is 2.35. The number of carbonyl (C=O) groups excluding carboxylic acids is 1. The molecule has 1 N–H and O–H groups in total. The van der Waals surface area contributed by atoms with Crippen molar-refractivity contribution in [1.29, 1.82) is 0 Å². The van der Waals surface area contributed by atoms with E-state index in [1.807, 2.05) is 18.2 Å². The Morgan fingerprint density at radius 1 is 1.25 bits per heavy atom. The SMILES string of the molecule is O=C(O)C1CCN(C(=O)CN2CCc3ccccc32)C1. The molecular weight excluding hydrogens is 256 g/mol. The van der Waals surface area contributed by atoms with Gasteiger partial charge in [0, 0.05) is 25.3 Å². The smallest absolute Gasteiger partial charge is 0.308 e. The number of carboxylic acids is 1. The number of carboxylic acid groups (broad SMARTS) is 1. The number of nitrogens with zero attached hydrogens (tertiary/aromatic N) is 2. The first-order valence-electron chi connectivity index (χ1n) is 6.98. The van der Waals surface area contributed by atoms with Crippen molar-refractivity contribution in [3.8, 4) is 0 Å². The molecule has 1 aromatic carbocycles. The average molecular weight is 274 g/mol. The van der Waals surface area contributed by atoms with E-state index < -0.39 is 11.9 Å². The molecular formula is C15H18N2O3. The quantitative estimate of drug-likeness (QED) is 0.892. The Morgan fingerprint density at radius 3 is 2.80 bits per heavy atom. The lowest BCUT2D eigenvalue weighted by atomic mass is 10.1. The lowest BCUT2D eigenvalue weighted by Crippen LogP contribution is -2.39. The Balaban J connectivity index is 1.62. The summed E-state index contributed by atoms with van der Waals surface area (Å²) in [4.78, 5) is 27.0. The first-order chi connectivity index (χ1) is 9.65. The summed E-state index contributed by atoms with van der Waals surface area (Å²) in [5.41, 5.74) is 2.42. The van der Waals surface area contributed by atoms with Crippen LogP contribution in [0.2, 0.25) is 0 Å². The van der Waals surface area contributed by atoms with E-state index in [2.05, 4.69) is 11.0 Å². The van der Waals surface area contributed by atoms with E-state index in [-0.39, 0.29) is 5.91 Å². The molecule has 106 valence electrons. The van der Waals surface area contributed by atoms with Crippen LogP contribution in [0.3, 0.4) is 0 Å². The van der Waals surface area contributed by atoms with Crippen LogP contribution in [-0.4, -0.2) is 48.1 Å². The second-order valence-electron chi connectivity index (χ2n) is 5.46. The highest BCUT2D eigenvalue weighted by Gasteiger charge is 2.32. The van der Waals surface area contributed by atoms with Crippen molar-refractivity contribution >= 4 is 17.6 Å². The normalized spacial score (nSPS) is 21.1. The molecule has 1 unspecified atom stereocenters. The Hall–Kier alpha value is -2.04. The van der Waals surface area contributed by atoms with Crippen LogP contribution in [0.5, 0.6) is 0 Å². The summed E-state index contributed by atoms with van der Waals surface area (Å²) < 4.78 is 0. The fourth-order valence-electron chi connectivity index (χ4n) is 3.02. The summed E-state index contributed by atoms with van der Waals surface area (Å²) in [5, 5.41) is 8.98. The molecule has 2 heterocycles. The van der Waals surface area contributed by atoms with Crippen molar-refractivity contribution in [3.63, 3.8) is 0 Å². The van der Waals surface area contributed by atoms with E-state index in [4.69, 9.17) is 5.11 Å². The molecule has 2 aliphatic rings. The second kappa shape index (κ2) is 5.15. The predicted octanol–water partition coefficient (Wildman–Crippen LogP) is 0.982. The summed E-state index contributed by atoms with van der Waals surface area (Å²) in [6.07, 6.45) is 1.54. The fourth-order valence-corrected chi connectivity index (χ4v) is 3.02. The number of rotatable bonds is 3. The standard InChI is InChI=1S/C15H18N2O3/c18-14(17-8-6-12(9-17)15(19)20)10-16-7-5-11-3-1-2-4-13(11)16/h1-4,12H,5-10H2,(H,19,20). The molecule has 0 spiro atoms. The van der Waals surface area contributed by atoms with Crippen LogP contribution in [0.15, 0.2) is 24.3 Å². The summed E-state index contributed by atoms with van der Waals surface area (Å²) >= 11 is 0. The molecule has 1 amide bonds. The van der Waals surface area contributed by atoms with Gasteiger partial charge in [-0.1, -0.05) is 18.2 Å². The van der Waals surface area contributed by atoms with Crippen molar-refractivity contribution < 1.29 is 14.7 Å². The van der Waals surface area contributed by atoms with Crippen LogP contribution < -0.4 is 4.90 Å². The number of hydrogen-bond donors (Lipinski definition) is 1. The predicted molar refractivity (Wildman–Crippen MR) is 74.7 cm³/mol. The number of para-hydroxylation sites is 1. The molecule has 0 radical (unpaired) electrons. The van der Waals surface area contributed by atoms with Crippen molar-refractivity contribution in [2.75, 3.05) is 31.1 Å². The zero-order valence-electron chi connectivity index (χ0n) is 11.3. The summed E-state index contributed by atoms with van der Waals surface area (Å²) in [6, 6.07) is 8.13. The van der Waals surface area contributed by atoms with Crippen molar-refractivity contribution in [3.05, 3.63) is 29.8 Å². The molecule has 5 heteroatoms. The van der Waals surface area contributed by atoms with Gasteiger partial charge in [-0.2, -0.15) is 0 Å².